The Labute approximate surface area is 144 Å². The largest absolute Gasteiger partial charge is 0.453 e. The number of methoxy groups -OCH3 is 1. The van der Waals surface area contributed by atoms with E-state index >= 15 is 0 Å². The lowest BCUT2D eigenvalue weighted by Crippen LogP contribution is -2.35. The van der Waals surface area contributed by atoms with Gasteiger partial charge in [-0.05, 0) is 12.5 Å². The molecule has 0 saturated heterocycles. The second-order valence-electron chi connectivity index (χ2n) is 5.74. The van der Waals surface area contributed by atoms with Crippen molar-refractivity contribution < 1.29 is 14.3 Å². The van der Waals surface area contributed by atoms with Crippen LogP contribution >= 0.6 is 11.3 Å². The summed E-state index contributed by atoms with van der Waals surface area (Å²) in [5.74, 6) is -0.0882. The van der Waals surface area contributed by atoms with E-state index in [-0.39, 0.29) is 12.0 Å². The van der Waals surface area contributed by atoms with Crippen LogP contribution in [0.1, 0.15) is 21.7 Å². The van der Waals surface area contributed by atoms with Crippen LogP contribution in [0, 0.1) is 6.92 Å². The van der Waals surface area contributed by atoms with E-state index in [9.17, 15) is 9.59 Å². The van der Waals surface area contributed by atoms with Gasteiger partial charge >= 0.3 is 6.09 Å². The summed E-state index contributed by atoms with van der Waals surface area (Å²) in [5.41, 5.74) is 3.09. The fourth-order valence-electron chi connectivity index (χ4n) is 2.59. The Morgan fingerprint density at radius 2 is 2.08 bits per heavy atom. The fourth-order valence-corrected chi connectivity index (χ4v) is 3.63. The standard InChI is InChI=1S/C17H19N3O3S/c1-11-3-5-12(6-4-11)9-15(21)19-16-18-13-7-8-20(17(22)23-2)10-14(13)24-16/h3-6H,7-10H2,1-2H3,(H,18,19,21). The maximum atomic E-state index is 12.2. The molecule has 1 aliphatic heterocycles. The summed E-state index contributed by atoms with van der Waals surface area (Å²) in [7, 11) is 1.38. The molecule has 0 bridgehead atoms. The van der Waals surface area contributed by atoms with Crippen LogP contribution in [0.3, 0.4) is 0 Å². The summed E-state index contributed by atoms with van der Waals surface area (Å²) in [6.45, 7) is 3.08. The lowest BCUT2D eigenvalue weighted by Gasteiger charge is -2.24. The number of hydrogen-bond acceptors (Lipinski definition) is 5. The molecule has 0 saturated carbocycles. The molecule has 24 heavy (non-hydrogen) atoms. The van der Waals surface area contributed by atoms with Crippen molar-refractivity contribution in [2.24, 2.45) is 0 Å². The Balaban J connectivity index is 1.62. The van der Waals surface area contributed by atoms with Gasteiger partial charge in [0, 0.05) is 17.8 Å². The average molecular weight is 345 g/mol. The molecule has 2 amide bonds. The summed E-state index contributed by atoms with van der Waals surface area (Å²) >= 11 is 1.42. The minimum Gasteiger partial charge on any atom is -0.453 e. The van der Waals surface area contributed by atoms with Crippen LogP contribution in [0.15, 0.2) is 24.3 Å². The van der Waals surface area contributed by atoms with Gasteiger partial charge < -0.3 is 15.0 Å². The van der Waals surface area contributed by atoms with Gasteiger partial charge in [-0.1, -0.05) is 41.2 Å². The van der Waals surface area contributed by atoms with E-state index in [1.54, 1.807) is 4.90 Å². The Morgan fingerprint density at radius 3 is 2.79 bits per heavy atom. The van der Waals surface area contributed by atoms with Crippen molar-refractivity contribution in [2.45, 2.75) is 26.3 Å². The number of hydrogen-bond donors (Lipinski definition) is 1. The highest BCUT2D eigenvalue weighted by molar-refractivity contribution is 7.15. The Bertz CT molecular complexity index is 755. The van der Waals surface area contributed by atoms with Crippen molar-refractivity contribution in [3.8, 4) is 0 Å². The lowest BCUT2D eigenvalue weighted by molar-refractivity contribution is -0.115. The maximum absolute atomic E-state index is 12.2. The number of fused-ring (bicyclic) bond motifs is 1. The minimum atomic E-state index is -0.334. The molecule has 0 radical (unpaired) electrons. The van der Waals surface area contributed by atoms with Crippen LogP contribution in [0.4, 0.5) is 9.93 Å². The van der Waals surface area contributed by atoms with Crippen LogP contribution in [-0.2, 0) is 28.9 Å². The van der Waals surface area contributed by atoms with E-state index in [0.29, 0.717) is 31.1 Å². The highest BCUT2D eigenvalue weighted by Gasteiger charge is 2.24. The second kappa shape index (κ2) is 7.00. The van der Waals surface area contributed by atoms with Gasteiger partial charge in [0.05, 0.1) is 25.8 Å². The number of benzene rings is 1. The lowest BCUT2D eigenvalue weighted by atomic mass is 10.1. The molecule has 2 aromatic rings. The Morgan fingerprint density at radius 1 is 1.33 bits per heavy atom. The zero-order valence-corrected chi connectivity index (χ0v) is 14.5. The van der Waals surface area contributed by atoms with Gasteiger partial charge in [0.1, 0.15) is 0 Å². The molecule has 0 spiro atoms. The number of carbonyl (C=O) groups excluding carboxylic acids is 2. The third kappa shape index (κ3) is 3.73. The van der Waals surface area contributed by atoms with Crippen molar-refractivity contribution >= 4 is 28.5 Å². The van der Waals surface area contributed by atoms with Crippen LogP contribution in [0.5, 0.6) is 0 Å². The van der Waals surface area contributed by atoms with E-state index in [0.717, 1.165) is 16.1 Å². The number of rotatable bonds is 3. The molecule has 1 aromatic carbocycles. The van der Waals surface area contributed by atoms with Crippen molar-refractivity contribution in [3.63, 3.8) is 0 Å². The molecule has 2 heterocycles. The van der Waals surface area contributed by atoms with Crippen molar-refractivity contribution in [1.82, 2.24) is 9.88 Å². The molecule has 1 aliphatic rings. The number of nitrogens with zero attached hydrogens (tertiary/aromatic N) is 2. The second-order valence-corrected chi connectivity index (χ2v) is 6.82. The van der Waals surface area contributed by atoms with Gasteiger partial charge in [-0.15, -0.1) is 0 Å². The third-order valence-electron chi connectivity index (χ3n) is 3.90. The highest BCUT2D eigenvalue weighted by Crippen LogP contribution is 2.28. The number of anilines is 1. The normalized spacial score (nSPS) is 13.3. The molecule has 1 N–H and O–H groups in total. The molecule has 6 nitrogen and oxygen atoms in total. The quantitative estimate of drug-likeness (QED) is 0.928. The van der Waals surface area contributed by atoms with E-state index in [1.165, 1.54) is 24.0 Å². The molecule has 126 valence electrons. The molecular formula is C17H19N3O3S. The van der Waals surface area contributed by atoms with Crippen molar-refractivity contribution in [1.29, 1.82) is 0 Å². The van der Waals surface area contributed by atoms with Gasteiger partial charge in [0.15, 0.2) is 5.13 Å². The molecule has 0 unspecified atom stereocenters. The smallest absolute Gasteiger partial charge is 0.409 e. The summed E-state index contributed by atoms with van der Waals surface area (Å²) < 4.78 is 4.75. The first kappa shape index (κ1) is 16.4. The zero-order chi connectivity index (χ0) is 17.1. The Kier molecular flexibility index (Phi) is 4.80. The average Bonchev–Trinajstić information content (AvgIpc) is 2.97. The number of carbonyl (C=O) groups is 2. The predicted octanol–water partition coefficient (Wildman–Crippen LogP) is 2.76. The number of aromatic nitrogens is 1. The molecule has 0 fully saturated rings. The number of thiazole rings is 1. The number of amides is 2. The van der Waals surface area contributed by atoms with Crippen LogP contribution < -0.4 is 5.32 Å². The maximum Gasteiger partial charge on any atom is 0.409 e. The van der Waals surface area contributed by atoms with E-state index < -0.39 is 0 Å². The first-order valence-corrected chi connectivity index (χ1v) is 8.53. The predicted molar refractivity (Wildman–Crippen MR) is 92.1 cm³/mol. The minimum absolute atomic E-state index is 0.0882. The van der Waals surface area contributed by atoms with Gasteiger partial charge in [0.25, 0.3) is 0 Å². The van der Waals surface area contributed by atoms with E-state index in [1.807, 2.05) is 31.2 Å². The van der Waals surface area contributed by atoms with Gasteiger partial charge in [-0.25, -0.2) is 9.78 Å². The molecule has 1 aromatic heterocycles. The summed E-state index contributed by atoms with van der Waals surface area (Å²) in [6, 6.07) is 7.89. The topological polar surface area (TPSA) is 71.5 Å². The number of aryl methyl sites for hydroxylation is 1. The zero-order valence-electron chi connectivity index (χ0n) is 13.7. The third-order valence-corrected chi connectivity index (χ3v) is 4.89. The first-order chi connectivity index (χ1) is 11.5. The summed E-state index contributed by atoms with van der Waals surface area (Å²) in [4.78, 5) is 30.9. The van der Waals surface area contributed by atoms with Crippen molar-refractivity contribution in [2.75, 3.05) is 19.0 Å². The monoisotopic (exact) mass is 345 g/mol. The fraction of sp³-hybridized carbons (Fsp3) is 0.353. The van der Waals surface area contributed by atoms with Crippen LogP contribution in [0.2, 0.25) is 0 Å². The number of ether oxygens (including phenoxy) is 1. The first-order valence-electron chi connectivity index (χ1n) is 7.72. The molecule has 0 aliphatic carbocycles. The van der Waals surface area contributed by atoms with E-state index in [2.05, 4.69) is 10.3 Å². The number of nitrogens with one attached hydrogen (secondary N) is 1. The van der Waals surface area contributed by atoms with Crippen LogP contribution in [0.25, 0.3) is 0 Å². The van der Waals surface area contributed by atoms with Gasteiger partial charge in [-0.2, -0.15) is 0 Å². The van der Waals surface area contributed by atoms with Gasteiger partial charge in [0.2, 0.25) is 5.91 Å². The molecule has 3 rings (SSSR count). The van der Waals surface area contributed by atoms with Crippen molar-refractivity contribution in [3.05, 3.63) is 46.0 Å². The summed E-state index contributed by atoms with van der Waals surface area (Å²) in [5, 5.41) is 3.44. The van der Waals surface area contributed by atoms with Crippen LogP contribution in [-0.4, -0.2) is 35.5 Å². The highest BCUT2D eigenvalue weighted by atomic mass is 32.1. The SMILES string of the molecule is COC(=O)N1CCc2nc(NC(=O)Cc3ccc(C)cc3)sc2C1. The van der Waals surface area contributed by atoms with Gasteiger partial charge in [-0.3, -0.25) is 4.79 Å². The molecule has 0 atom stereocenters. The molecule has 7 heteroatoms. The van der Waals surface area contributed by atoms with E-state index in [4.69, 9.17) is 4.74 Å². The Hall–Kier alpha value is -2.41. The summed E-state index contributed by atoms with van der Waals surface area (Å²) in [6.07, 6.45) is 0.659. The molecular weight excluding hydrogens is 326 g/mol.